The van der Waals surface area contributed by atoms with Crippen molar-refractivity contribution < 1.29 is 14.7 Å². The molecule has 0 aliphatic carbocycles. The second kappa shape index (κ2) is 4.09. The van der Waals surface area contributed by atoms with E-state index in [4.69, 9.17) is 9.94 Å². The first-order valence-electron chi connectivity index (χ1n) is 4.20. The Kier molecular flexibility index (Phi) is 3.08. The van der Waals surface area contributed by atoms with Crippen molar-refractivity contribution in [1.29, 1.82) is 0 Å². The minimum Gasteiger partial charge on any atom is -0.477 e. The number of hydrogen-bond donors (Lipinski definition) is 1. The van der Waals surface area contributed by atoms with E-state index < -0.39 is 5.97 Å². The van der Waals surface area contributed by atoms with Gasteiger partial charge in [0.2, 0.25) is 0 Å². The van der Waals surface area contributed by atoms with Gasteiger partial charge in [-0.15, -0.1) is 0 Å². The highest BCUT2D eigenvalue weighted by Gasteiger charge is 2.24. The highest BCUT2D eigenvalue weighted by Crippen LogP contribution is 2.16. The highest BCUT2D eigenvalue weighted by atomic mass is 16.6. The zero-order valence-electron chi connectivity index (χ0n) is 7.12. The molecule has 1 heterocycles. The molecule has 1 aliphatic heterocycles. The van der Waals surface area contributed by atoms with E-state index in [1.807, 2.05) is 0 Å². The molecule has 1 N–H and O–H groups in total. The van der Waals surface area contributed by atoms with Crippen molar-refractivity contribution in [1.82, 2.24) is 0 Å². The van der Waals surface area contributed by atoms with Crippen molar-refractivity contribution >= 4 is 11.7 Å². The van der Waals surface area contributed by atoms with E-state index in [1.165, 1.54) is 0 Å². The average Bonchev–Trinajstić information content (AvgIpc) is 2.48. The molecule has 0 bridgehead atoms. The molecule has 0 fully saturated rings. The highest BCUT2D eigenvalue weighted by molar-refractivity contribution is 6.35. The van der Waals surface area contributed by atoms with E-state index in [9.17, 15) is 4.79 Å². The summed E-state index contributed by atoms with van der Waals surface area (Å²) in [6.07, 6.45) is 3.51. The number of rotatable bonds is 4. The molecule has 4 nitrogen and oxygen atoms in total. The van der Waals surface area contributed by atoms with Gasteiger partial charge in [0.15, 0.2) is 5.71 Å². The average molecular weight is 171 g/mol. The standard InChI is InChI=1S/C8H13NO3/c1-2-3-4-6-5-7(8(10)11)9-12-6/h6H,2-5H2,1H3,(H,10,11). The quantitative estimate of drug-likeness (QED) is 0.695. The zero-order chi connectivity index (χ0) is 8.97. The first kappa shape index (κ1) is 9.03. The summed E-state index contributed by atoms with van der Waals surface area (Å²) in [7, 11) is 0. The molecule has 1 unspecified atom stereocenters. The van der Waals surface area contributed by atoms with E-state index in [0.29, 0.717) is 6.42 Å². The summed E-state index contributed by atoms with van der Waals surface area (Å²) in [6, 6.07) is 0. The molecule has 0 spiro atoms. The zero-order valence-corrected chi connectivity index (χ0v) is 7.12. The maximum Gasteiger partial charge on any atom is 0.353 e. The van der Waals surface area contributed by atoms with Gasteiger partial charge in [-0.1, -0.05) is 18.5 Å². The van der Waals surface area contributed by atoms with Crippen LogP contribution in [0.5, 0.6) is 0 Å². The predicted molar refractivity (Wildman–Crippen MR) is 44.1 cm³/mol. The SMILES string of the molecule is CCCCC1CC(C(=O)O)=NO1. The van der Waals surface area contributed by atoms with Crippen molar-refractivity contribution in [3.05, 3.63) is 0 Å². The summed E-state index contributed by atoms with van der Waals surface area (Å²) in [6.45, 7) is 2.09. The Hall–Kier alpha value is -1.06. The molecular weight excluding hydrogens is 158 g/mol. The van der Waals surface area contributed by atoms with Crippen LogP contribution in [-0.2, 0) is 9.63 Å². The van der Waals surface area contributed by atoms with Gasteiger partial charge in [0, 0.05) is 6.42 Å². The Labute approximate surface area is 71.2 Å². The summed E-state index contributed by atoms with van der Waals surface area (Å²) in [5.74, 6) is -0.964. The summed E-state index contributed by atoms with van der Waals surface area (Å²) < 4.78 is 0. The van der Waals surface area contributed by atoms with Crippen molar-refractivity contribution in [2.45, 2.75) is 38.7 Å². The number of aliphatic carboxylic acids is 1. The lowest BCUT2D eigenvalue weighted by molar-refractivity contribution is -0.129. The lowest BCUT2D eigenvalue weighted by Gasteiger charge is -2.04. The summed E-state index contributed by atoms with van der Waals surface area (Å²) in [5, 5.41) is 12.0. The van der Waals surface area contributed by atoms with Crippen LogP contribution in [0.25, 0.3) is 0 Å². The molecule has 68 valence electrons. The van der Waals surface area contributed by atoms with Gasteiger partial charge >= 0.3 is 5.97 Å². The van der Waals surface area contributed by atoms with Crippen LogP contribution in [0.1, 0.15) is 32.6 Å². The number of carbonyl (C=O) groups is 1. The van der Waals surface area contributed by atoms with Crippen LogP contribution in [0.2, 0.25) is 0 Å². The van der Waals surface area contributed by atoms with Crippen LogP contribution in [0.4, 0.5) is 0 Å². The van der Waals surface area contributed by atoms with Crippen LogP contribution in [-0.4, -0.2) is 22.9 Å². The van der Waals surface area contributed by atoms with Gasteiger partial charge in [-0.25, -0.2) is 4.79 Å². The van der Waals surface area contributed by atoms with Gasteiger partial charge in [0.05, 0.1) is 0 Å². The Morgan fingerprint density at radius 2 is 2.58 bits per heavy atom. The minimum absolute atomic E-state index is 0.00366. The third kappa shape index (κ3) is 2.22. The van der Waals surface area contributed by atoms with Crippen LogP contribution in [0.3, 0.4) is 0 Å². The van der Waals surface area contributed by atoms with E-state index in [-0.39, 0.29) is 11.8 Å². The molecule has 0 amide bonds. The molecular formula is C8H13NO3. The lowest BCUT2D eigenvalue weighted by Crippen LogP contribution is -2.14. The lowest BCUT2D eigenvalue weighted by atomic mass is 10.1. The second-order valence-electron chi connectivity index (χ2n) is 2.92. The van der Waals surface area contributed by atoms with E-state index in [1.54, 1.807) is 0 Å². The molecule has 0 radical (unpaired) electrons. The van der Waals surface area contributed by atoms with Crippen molar-refractivity contribution in [3.8, 4) is 0 Å². The number of carboxylic acids is 1. The molecule has 4 heteroatoms. The van der Waals surface area contributed by atoms with Crippen LogP contribution in [0.15, 0.2) is 5.16 Å². The van der Waals surface area contributed by atoms with Crippen molar-refractivity contribution in [2.24, 2.45) is 5.16 Å². The fourth-order valence-corrected chi connectivity index (χ4v) is 1.14. The largest absolute Gasteiger partial charge is 0.477 e. The summed E-state index contributed by atoms with van der Waals surface area (Å²) in [4.78, 5) is 15.3. The topological polar surface area (TPSA) is 58.9 Å². The first-order chi connectivity index (χ1) is 5.74. The maximum absolute atomic E-state index is 10.4. The molecule has 0 aromatic rings. The molecule has 0 saturated heterocycles. The second-order valence-corrected chi connectivity index (χ2v) is 2.92. The van der Waals surface area contributed by atoms with Gasteiger partial charge in [-0.3, -0.25) is 0 Å². The Morgan fingerprint density at radius 3 is 3.08 bits per heavy atom. The van der Waals surface area contributed by atoms with Crippen LogP contribution >= 0.6 is 0 Å². The first-order valence-corrected chi connectivity index (χ1v) is 4.20. The summed E-state index contributed by atoms with van der Waals surface area (Å²) >= 11 is 0. The molecule has 0 aromatic carbocycles. The van der Waals surface area contributed by atoms with Crippen LogP contribution in [0, 0.1) is 0 Å². The number of hydrogen-bond acceptors (Lipinski definition) is 3. The molecule has 0 saturated carbocycles. The normalized spacial score (nSPS) is 21.8. The Morgan fingerprint density at radius 1 is 1.83 bits per heavy atom. The fraction of sp³-hybridized carbons (Fsp3) is 0.750. The molecule has 1 atom stereocenters. The molecule has 1 aliphatic rings. The van der Waals surface area contributed by atoms with Crippen molar-refractivity contribution in [3.63, 3.8) is 0 Å². The number of carboxylic acid groups (broad SMARTS) is 1. The number of nitrogens with zero attached hydrogens (tertiary/aromatic N) is 1. The monoisotopic (exact) mass is 171 g/mol. The molecule has 0 aromatic heterocycles. The van der Waals surface area contributed by atoms with Crippen molar-refractivity contribution in [2.75, 3.05) is 0 Å². The molecule has 1 rings (SSSR count). The van der Waals surface area contributed by atoms with E-state index in [2.05, 4.69) is 12.1 Å². The Bertz CT molecular complexity index is 200. The van der Waals surface area contributed by atoms with Gasteiger partial charge in [0.1, 0.15) is 6.10 Å². The fourth-order valence-electron chi connectivity index (χ4n) is 1.14. The predicted octanol–water partition coefficient (Wildman–Crippen LogP) is 1.41. The van der Waals surface area contributed by atoms with Crippen LogP contribution < -0.4 is 0 Å². The summed E-state index contributed by atoms with van der Waals surface area (Å²) in [5.41, 5.74) is 0.149. The third-order valence-corrected chi connectivity index (χ3v) is 1.86. The van der Waals surface area contributed by atoms with Gasteiger partial charge < -0.3 is 9.94 Å². The smallest absolute Gasteiger partial charge is 0.353 e. The third-order valence-electron chi connectivity index (χ3n) is 1.86. The number of oxime groups is 1. The Balaban J connectivity index is 2.27. The van der Waals surface area contributed by atoms with Gasteiger partial charge in [-0.05, 0) is 12.8 Å². The maximum atomic E-state index is 10.4. The van der Waals surface area contributed by atoms with Gasteiger partial charge in [-0.2, -0.15) is 0 Å². The minimum atomic E-state index is -0.964. The van der Waals surface area contributed by atoms with E-state index >= 15 is 0 Å². The van der Waals surface area contributed by atoms with Gasteiger partial charge in [0.25, 0.3) is 0 Å². The number of unbranched alkanes of at least 4 members (excludes halogenated alkanes) is 1. The molecule has 12 heavy (non-hydrogen) atoms. The van der Waals surface area contributed by atoms with E-state index in [0.717, 1.165) is 19.3 Å².